The van der Waals surface area contributed by atoms with Crippen LogP contribution in [0.3, 0.4) is 0 Å². The third-order valence-electron chi connectivity index (χ3n) is 2.80. The van der Waals surface area contributed by atoms with Crippen LogP contribution in [0.25, 0.3) is 11.5 Å². The highest BCUT2D eigenvalue weighted by Crippen LogP contribution is 2.31. The molecule has 0 aliphatic rings. The van der Waals surface area contributed by atoms with Gasteiger partial charge in [0.1, 0.15) is 11.5 Å². The van der Waals surface area contributed by atoms with Crippen LogP contribution >= 0.6 is 0 Å². The number of nitrogens with zero attached hydrogens (tertiary/aromatic N) is 2. The molecule has 0 aliphatic carbocycles. The Bertz CT molecular complexity index is 570. The summed E-state index contributed by atoms with van der Waals surface area (Å²) in [5, 5.41) is 13.7. The summed E-state index contributed by atoms with van der Waals surface area (Å²) >= 11 is 0. The van der Waals surface area contributed by atoms with Gasteiger partial charge in [0.15, 0.2) is 5.82 Å². The average molecular weight is 294 g/mol. The van der Waals surface area contributed by atoms with Gasteiger partial charge in [0.05, 0.1) is 32.5 Å². The van der Waals surface area contributed by atoms with Crippen LogP contribution in [-0.2, 0) is 15.9 Å². The van der Waals surface area contributed by atoms with E-state index < -0.39 is 0 Å². The van der Waals surface area contributed by atoms with Gasteiger partial charge < -0.3 is 23.8 Å². The minimum Gasteiger partial charge on any atom is -0.507 e. The molecule has 114 valence electrons. The first-order chi connectivity index (χ1) is 10.2. The van der Waals surface area contributed by atoms with Crippen molar-refractivity contribution in [3.63, 3.8) is 0 Å². The second-order valence-corrected chi connectivity index (χ2v) is 4.25. The Morgan fingerprint density at radius 2 is 2.05 bits per heavy atom. The van der Waals surface area contributed by atoms with Crippen LogP contribution in [0.5, 0.6) is 11.5 Å². The van der Waals surface area contributed by atoms with E-state index >= 15 is 0 Å². The van der Waals surface area contributed by atoms with Gasteiger partial charge in [-0.05, 0) is 18.2 Å². The van der Waals surface area contributed by atoms with Crippen molar-refractivity contribution in [2.45, 2.75) is 6.42 Å². The lowest BCUT2D eigenvalue weighted by Gasteiger charge is -2.03. The highest BCUT2D eigenvalue weighted by molar-refractivity contribution is 5.64. The molecule has 0 atom stereocenters. The summed E-state index contributed by atoms with van der Waals surface area (Å²) in [6.45, 7) is 1.56. The predicted octanol–water partition coefficient (Wildman–Crippen LogP) is 1.66. The first-order valence-corrected chi connectivity index (χ1v) is 6.51. The fraction of sp³-hybridized carbons (Fsp3) is 0.429. The number of hydrogen-bond acceptors (Lipinski definition) is 7. The summed E-state index contributed by atoms with van der Waals surface area (Å²) in [5.74, 6) is 1.43. The molecule has 21 heavy (non-hydrogen) atoms. The average Bonchev–Trinajstić information content (AvgIpc) is 2.96. The lowest BCUT2D eigenvalue weighted by Crippen LogP contribution is -2.05. The molecule has 0 aliphatic heterocycles. The van der Waals surface area contributed by atoms with E-state index in [0.717, 1.165) is 0 Å². The molecule has 1 aromatic carbocycles. The second kappa shape index (κ2) is 7.61. The van der Waals surface area contributed by atoms with Gasteiger partial charge in [-0.1, -0.05) is 5.16 Å². The number of rotatable bonds is 8. The van der Waals surface area contributed by atoms with Gasteiger partial charge in [-0.3, -0.25) is 0 Å². The molecule has 0 unspecified atom stereocenters. The minimum absolute atomic E-state index is 0.0577. The number of ether oxygens (including phenoxy) is 3. The molecule has 1 heterocycles. The molecule has 0 spiro atoms. The Balaban J connectivity index is 1.99. The van der Waals surface area contributed by atoms with E-state index in [-0.39, 0.29) is 11.6 Å². The zero-order valence-corrected chi connectivity index (χ0v) is 12.0. The normalized spacial score (nSPS) is 10.8. The van der Waals surface area contributed by atoms with Gasteiger partial charge in [0.25, 0.3) is 5.89 Å². The van der Waals surface area contributed by atoms with Gasteiger partial charge in [-0.2, -0.15) is 4.98 Å². The van der Waals surface area contributed by atoms with Crippen molar-refractivity contribution in [2.75, 3.05) is 34.0 Å². The van der Waals surface area contributed by atoms with Crippen LogP contribution in [-0.4, -0.2) is 49.3 Å². The maximum Gasteiger partial charge on any atom is 0.261 e. The van der Waals surface area contributed by atoms with E-state index in [4.69, 9.17) is 18.7 Å². The SMILES string of the molecule is COCCOCCc1noc(-c2cc(OC)ccc2O)n1. The number of hydrogen-bond donors (Lipinski definition) is 1. The van der Waals surface area contributed by atoms with Gasteiger partial charge in [-0.15, -0.1) is 0 Å². The largest absolute Gasteiger partial charge is 0.507 e. The van der Waals surface area contributed by atoms with Crippen molar-refractivity contribution in [1.82, 2.24) is 10.1 Å². The zero-order chi connectivity index (χ0) is 15.1. The van der Waals surface area contributed by atoms with Crippen molar-refractivity contribution in [2.24, 2.45) is 0 Å². The molecule has 7 heteroatoms. The van der Waals surface area contributed by atoms with Gasteiger partial charge in [0.2, 0.25) is 0 Å². The fourth-order valence-corrected chi connectivity index (χ4v) is 1.69. The molecule has 0 fully saturated rings. The maximum absolute atomic E-state index is 9.84. The summed E-state index contributed by atoms with van der Waals surface area (Å²) in [4.78, 5) is 4.23. The molecule has 1 N–H and O–H groups in total. The summed E-state index contributed by atoms with van der Waals surface area (Å²) in [7, 11) is 3.17. The number of phenols is 1. The monoisotopic (exact) mass is 294 g/mol. The lowest BCUT2D eigenvalue weighted by molar-refractivity contribution is 0.0714. The number of aromatic nitrogens is 2. The highest BCUT2D eigenvalue weighted by atomic mass is 16.5. The Labute approximate surface area is 122 Å². The van der Waals surface area contributed by atoms with Crippen LogP contribution in [0.1, 0.15) is 5.82 Å². The molecule has 0 saturated carbocycles. The van der Waals surface area contributed by atoms with Crippen molar-refractivity contribution in [1.29, 1.82) is 0 Å². The Morgan fingerprint density at radius 1 is 1.19 bits per heavy atom. The van der Waals surface area contributed by atoms with Crippen molar-refractivity contribution >= 4 is 0 Å². The van der Waals surface area contributed by atoms with Gasteiger partial charge in [0, 0.05) is 13.5 Å². The van der Waals surface area contributed by atoms with Crippen LogP contribution < -0.4 is 4.74 Å². The Morgan fingerprint density at radius 3 is 2.81 bits per heavy atom. The summed E-state index contributed by atoms with van der Waals surface area (Å²) in [6.07, 6.45) is 0.526. The molecule has 0 bridgehead atoms. The van der Waals surface area contributed by atoms with Crippen molar-refractivity contribution < 1.29 is 23.8 Å². The topological polar surface area (TPSA) is 86.8 Å². The second-order valence-electron chi connectivity index (χ2n) is 4.25. The van der Waals surface area contributed by atoms with E-state index in [9.17, 15) is 5.11 Å². The number of benzene rings is 1. The summed E-state index contributed by atoms with van der Waals surface area (Å²) in [6, 6.07) is 4.81. The summed E-state index contributed by atoms with van der Waals surface area (Å²) < 4.78 is 20.5. The van der Waals surface area contributed by atoms with E-state index in [1.54, 1.807) is 26.4 Å². The number of phenolic OH excluding ortho intramolecular Hbond substituents is 1. The highest BCUT2D eigenvalue weighted by Gasteiger charge is 2.14. The van der Waals surface area contributed by atoms with Crippen LogP contribution in [0.2, 0.25) is 0 Å². The third-order valence-corrected chi connectivity index (χ3v) is 2.80. The molecule has 0 amide bonds. The molecule has 7 nitrogen and oxygen atoms in total. The first kappa shape index (κ1) is 15.3. The van der Waals surface area contributed by atoms with E-state index in [2.05, 4.69) is 10.1 Å². The molecule has 0 saturated heterocycles. The predicted molar refractivity (Wildman–Crippen MR) is 74.3 cm³/mol. The Hall–Kier alpha value is -2.12. The summed E-state index contributed by atoms with van der Waals surface area (Å²) in [5.41, 5.74) is 0.438. The maximum atomic E-state index is 9.84. The number of methoxy groups -OCH3 is 2. The molecule has 0 radical (unpaired) electrons. The molecule has 1 aromatic heterocycles. The van der Waals surface area contributed by atoms with Crippen molar-refractivity contribution in [3.8, 4) is 23.0 Å². The molecular formula is C14H18N2O5. The van der Waals surface area contributed by atoms with E-state index in [0.29, 0.717) is 43.4 Å². The van der Waals surface area contributed by atoms with Gasteiger partial charge in [-0.25, -0.2) is 0 Å². The fourth-order valence-electron chi connectivity index (χ4n) is 1.69. The smallest absolute Gasteiger partial charge is 0.261 e. The minimum atomic E-state index is 0.0577. The van der Waals surface area contributed by atoms with Crippen LogP contribution in [0.15, 0.2) is 22.7 Å². The quantitative estimate of drug-likeness (QED) is 0.741. The molecular weight excluding hydrogens is 276 g/mol. The van der Waals surface area contributed by atoms with Crippen molar-refractivity contribution in [3.05, 3.63) is 24.0 Å². The third kappa shape index (κ3) is 4.17. The molecule has 2 aromatic rings. The lowest BCUT2D eigenvalue weighted by atomic mass is 10.2. The van der Waals surface area contributed by atoms with E-state index in [1.807, 2.05) is 0 Å². The van der Waals surface area contributed by atoms with Crippen LogP contribution in [0, 0.1) is 0 Å². The standard InChI is InChI=1S/C14H18N2O5/c1-18-7-8-20-6-5-13-15-14(21-16-13)11-9-10(19-2)3-4-12(11)17/h3-4,9,17H,5-8H2,1-2H3. The van der Waals surface area contributed by atoms with E-state index in [1.165, 1.54) is 6.07 Å². The van der Waals surface area contributed by atoms with Gasteiger partial charge >= 0.3 is 0 Å². The Kier molecular flexibility index (Phi) is 5.53. The number of aromatic hydroxyl groups is 1. The van der Waals surface area contributed by atoms with Crippen LogP contribution in [0.4, 0.5) is 0 Å². The first-order valence-electron chi connectivity index (χ1n) is 6.51. The molecule has 2 rings (SSSR count). The zero-order valence-electron chi connectivity index (χ0n) is 12.0.